The van der Waals surface area contributed by atoms with E-state index in [1.807, 2.05) is 52.0 Å². The standard InChI is InChI=1S/C22H31N3O3/c1-15-20(17-7-5-6-8-18(17)24-15)19(26)14-25-11-9-16(10-12-25)13-23-21(27)28-22(2,3)4/h5-8,16,24H,9-14H2,1-4H3,(H,23,27). The number of nitrogens with one attached hydrogen (secondary N) is 2. The quantitative estimate of drug-likeness (QED) is 0.766. The summed E-state index contributed by atoms with van der Waals surface area (Å²) in [6.45, 7) is 10.3. The minimum atomic E-state index is -0.478. The molecule has 6 nitrogen and oxygen atoms in total. The lowest BCUT2D eigenvalue weighted by Crippen LogP contribution is -2.41. The van der Waals surface area contributed by atoms with Crippen LogP contribution < -0.4 is 5.32 Å². The molecule has 1 aromatic carbocycles. The number of ether oxygens (including phenoxy) is 1. The van der Waals surface area contributed by atoms with Crippen LogP contribution in [-0.4, -0.2) is 53.5 Å². The summed E-state index contributed by atoms with van der Waals surface area (Å²) in [5.74, 6) is 0.592. The highest BCUT2D eigenvalue weighted by molar-refractivity contribution is 6.10. The highest BCUT2D eigenvalue weighted by Crippen LogP contribution is 2.23. The van der Waals surface area contributed by atoms with E-state index in [2.05, 4.69) is 15.2 Å². The van der Waals surface area contributed by atoms with Crippen LogP contribution in [0.3, 0.4) is 0 Å². The zero-order valence-electron chi connectivity index (χ0n) is 17.3. The summed E-state index contributed by atoms with van der Waals surface area (Å²) < 4.78 is 5.28. The van der Waals surface area contributed by atoms with Crippen molar-refractivity contribution in [1.82, 2.24) is 15.2 Å². The van der Waals surface area contributed by atoms with Gasteiger partial charge in [0.25, 0.3) is 0 Å². The molecule has 2 heterocycles. The van der Waals surface area contributed by atoms with Crippen molar-refractivity contribution >= 4 is 22.8 Å². The van der Waals surface area contributed by atoms with Crippen LogP contribution >= 0.6 is 0 Å². The predicted octanol–water partition coefficient (Wildman–Crippen LogP) is 3.90. The van der Waals surface area contributed by atoms with Crippen LogP contribution in [0.15, 0.2) is 24.3 Å². The van der Waals surface area contributed by atoms with E-state index < -0.39 is 5.60 Å². The third kappa shape index (κ3) is 5.13. The van der Waals surface area contributed by atoms with Crippen LogP contribution in [0.5, 0.6) is 0 Å². The topological polar surface area (TPSA) is 74.4 Å². The van der Waals surface area contributed by atoms with Crippen molar-refractivity contribution in [2.75, 3.05) is 26.2 Å². The van der Waals surface area contributed by atoms with Gasteiger partial charge in [0.2, 0.25) is 0 Å². The number of ketones is 1. The molecule has 1 aliphatic heterocycles. The van der Waals surface area contributed by atoms with Crippen molar-refractivity contribution in [3.8, 4) is 0 Å². The summed E-state index contributed by atoms with van der Waals surface area (Å²) in [4.78, 5) is 30.2. The zero-order valence-corrected chi connectivity index (χ0v) is 17.3. The number of Topliss-reactive ketones (excluding diaryl/α,β-unsaturated/α-hetero) is 1. The Morgan fingerprint density at radius 3 is 2.57 bits per heavy atom. The predicted molar refractivity (Wildman–Crippen MR) is 111 cm³/mol. The Morgan fingerprint density at radius 1 is 1.21 bits per heavy atom. The average Bonchev–Trinajstić information content (AvgIpc) is 2.95. The molecule has 1 aromatic heterocycles. The van der Waals surface area contributed by atoms with E-state index in [4.69, 9.17) is 4.74 Å². The molecule has 0 aliphatic carbocycles. The van der Waals surface area contributed by atoms with Gasteiger partial charge >= 0.3 is 6.09 Å². The van der Waals surface area contributed by atoms with Gasteiger partial charge in [-0.25, -0.2) is 4.79 Å². The fourth-order valence-electron chi connectivity index (χ4n) is 3.81. The molecule has 0 saturated carbocycles. The van der Waals surface area contributed by atoms with Crippen LogP contribution in [-0.2, 0) is 4.74 Å². The van der Waals surface area contributed by atoms with Crippen LogP contribution in [0.25, 0.3) is 10.9 Å². The van der Waals surface area contributed by atoms with Crippen LogP contribution in [0, 0.1) is 12.8 Å². The number of H-pyrrole nitrogens is 1. The number of aryl methyl sites for hydroxylation is 1. The van der Waals surface area contributed by atoms with E-state index in [0.29, 0.717) is 19.0 Å². The van der Waals surface area contributed by atoms with Crippen molar-refractivity contribution in [1.29, 1.82) is 0 Å². The summed E-state index contributed by atoms with van der Waals surface area (Å²) in [6, 6.07) is 7.95. The van der Waals surface area contributed by atoms with Gasteiger partial charge in [-0.15, -0.1) is 0 Å². The van der Waals surface area contributed by atoms with E-state index >= 15 is 0 Å². The molecule has 6 heteroatoms. The Hall–Kier alpha value is -2.34. The van der Waals surface area contributed by atoms with Crippen LogP contribution in [0.4, 0.5) is 4.79 Å². The van der Waals surface area contributed by atoms with E-state index in [1.54, 1.807) is 0 Å². The van der Waals surface area contributed by atoms with E-state index in [9.17, 15) is 9.59 Å². The largest absolute Gasteiger partial charge is 0.444 e. The van der Waals surface area contributed by atoms with Crippen LogP contribution in [0.1, 0.15) is 49.7 Å². The number of carbonyl (C=O) groups is 2. The number of piperidine rings is 1. The summed E-state index contributed by atoms with van der Waals surface area (Å²) in [5.41, 5.74) is 2.27. The molecular formula is C22H31N3O3. The molecule has 152 valence electrons. The second-order valence-electron chi connectivity index (χ2n) is 8.70. The molecule has 1 amide bonds. The number of nitrogens with zero attached hydrogens (tertiary/aromatic N) is 1. The molecule has 2 aromatic rings. The molecule has 0 unspecified atom stereocenters. The number of hydrogen-bond acceptors (Lipinski definition) is 4. The van der Waals surface area contributed by atoms with Gasteiger partial charge in [0.1, 0.15) is 5.60 Å². The fraction of sp³-hybridized carbons (Fsp3) is 0.545. The molecule has 0 bridgehead atoms. The maximum atomic E-state index is 12.9. The lowest BCUT2D eigenvalue weighted by Gasteiger charge is -2.31. The lowest BCUT2D eigenvalue weighted by atomic mass is 9.96. The molecule has 1 fully saturated rings. The van der Waals surface area contributed by atoms with Crippen molar-refractivity contribution in [3.05, 3.63) is 35.5 Å². The van der Waals surface area contributed by atoms with Gasteiger partial charge in [0.05, 0.1) is 6.54 Å². The Bertz CT molecular complexity index is 842. The number of para-hydroxylation sites is 1. The van der Waals surface area contributed by atoms with Gasteiger partial charge in [-0.1, -0.05) is 18.2 Å². The summed E-state index contributed by atoms with van der Waals surface area (Å²) in [5, 5.41) is 3.87. The first-order valence-electron chi connectivity index (χ1n) is 10.0. The van der Waals surface area contributed by atoms with Gasteiger partial charge in [0.15, 0.2) is 5.78 Å². The van der Waals surface area contributed by atoms with Crippen molar-refractivity contribution in [2.24, 2.45) is 5.92 Å². The van der Waals surface area contributed by atoms with Gasteiger partial charge in [-0.2, -0.15) is 0 Å². The maximum absolute atomic E-state index is 12.9. The number of aromatic amines is 1. The second-order valence-corrected chi connectivity index (χ2v) is 8.70. The molecule has 0 atom stereocenters. The Kier molecular flexibility index (Phi) is 6.08. The molecule has 1 aliphatic rings. The first-order chi connectivity index (χ1) is 13.2. The number of benzene rings is 1. The molecule has 0 spiro atoms. The number of hydrogen-bond donors (Lipinski definition) is 2. The number of likely N-dealkylation sites (tertiary alicyclic amines) is 1. The monoisotopic (exact) mass is 385 g/mol. The molecule has 3 rings (SSSR count). The summed E-state index contributed by atoms with van der Waals surface area (Å²) in [6.07, 6.45) is 1.58. The summed E-state index contributed by atoms with van der Waals surface area (Å²) >= 11 is 0. The third-order valence-corrected chi connectivity index (χ3v) is 5.18. The van der Waals surface area contributed by atoms with Crippen LogP contribution in [0.2, 0.25) is 0 Å². The van der Waals surface area contributed by atoms with E-state index in [0.717, 1.165) is 48.1 Å². The number of alkyl carbamates (subject to hydrolysis) is 1. The number of carbonyl (C=O) groups excluding carboxylic acids is 2. The minimum Gasteiger partial charge on any atom is -0.444 e. The first-order valence-corrected chi connectivity index (χ1v) is 10.0. The highest BCUT2D eigenvalue weighted by atomic mass is 16.6. The highest BCUT2D eigenvalue weighted by Gasteiger charge is 2.24. The molecule has 1 saturated heterocycles. The zero-order chi connectivity index (χ0) is 20.3. The molecule has 28 heavy (non-hydrogen) atoms. The summed E-state index contributed by atoms with van der Waals surface area (Å²) in [7, 11) is 0. The van der Waals surface area contributed by atoms with Crippen molar-refractivity contribution < 1.29 is 14.3 Å². The smallest absolute Gasteiger partial charge is 0.407 e. The SMILES string of the molecule is Cc1[nH]c2ccccc2c1C(=O)CN1CCC(CNC(=O)OC(C)(C)C)CC1. The molecule has 2 N–H and O–H groups in total. The van der Waals surface area contributed by atoms with E-state index in [1.165, 1.54) is 0 Å². The average molecular weight is 386 g/mol. The Balaban J connectivity index is 1.48. The van der Waals surface area contributed by atoms with Gasteiger partial charge < -0.3 is 15.0 Å². The minimum absolute atomic E-state index is 0.167. The second kappa shape index (κ2) is 8.35. The fourth-order valence-corrected chi connectivity index (χ4v) is 3.81. The third-order valence-electron chi connectivity index (χ3n) is 5.18. The lowest BCUT2D eigenvalue weighted by molar-refractivity contribution is 0.0510. The van der Waals surface area contributed by atoms with Crippen molar-refractivity contribution in [2.45, 2.75) is 46.1 Å². The first kappa shape index (κ1) is 20.4. The van der Waals surface area contributed by atoms with Gasteiger partial charge in [-0.05, 0) is 65.6 Å². The number of fused-ring (bicyclic) bond motifs is 1. The van der Waals surface area contributed by atoms with Gasteiger partial charge in [-0.3, -0.25) is 9.69 Å². The van der Waals surface area contributed by atoms with Crippen molar-refractivity contribution in [3.63, 3.8) is 0 Å². The van der Waals surface area contributed by atoms with E-state index in [-0.39, 0.29) is 11.9 Å². The number of aromatic nitrogens is 1. The number of rotatable bonds is 5. The van der Waals surface area contributed by atoms with Gasteiger partial charge in [0, 0.05) is 28.7 Å². The Morgan fingerprint density at radius 2 is 1.89 bits per heavy atom. The normalized spacial score (nSPS) is 16.3. The maximum Gasteiger partial charge on any atom is 0.407 e. The Labute approximate surface area is 166 Å². The number of amides is 1. The molecular weight excluding hydrogens is 354 g/mol. The molecule has 0 radical (unpaired) electrons.